The van der Waals surface area contributed by atoms with E-state index in [0.717, 1.165) is 16.3 Å². The minimum Gasteiger partial charge on any atom is -0.497 e. The summed E-state index contributed by atoms with van der Waals surface area (Å²) in [5.74, 6) is 1.05. The average molecular weight is 395 g/mol. The van der Waals surface area contributed by atoms with E-state index in [0.29, 0.717) is 17.2 Å². The Hall–Kier alpha value is -3.06. The van der Waals surface area contributed by atoms with Gasteiger partial charge in [-0.15, -0.1) is 0 Å². The fraction of sp³-hybridized carbons (Fsp3) is 0.190. The normalized spacial score (nSPS) is 11.5. The highest BCUT2D eigenvalue weighted by Gasteiger charge is 2.18. The fourth-order valence-corrected chi connectivity index (χ4v) is 3.36. The Labute approximate surface area is 168 Å². The standard InChI is InChI=1S/C21H21N3O3S/c1-14(21(25)24-17-10-9-16(26-2)11-19(17)27-3)28-20-12-18(22-13-23-20)15-7-5-4-6-8-15/h4-14H,1-3H3,(H,24,25). The molecule has 0 spiro atoms. The van der Waals surface area contributed by atoms with E-state index in [1.54, 1.807) is 32.4 Å². The van der Waals surface area contributed by atoms with E-state index in [1.165, 1.54) is 18.1 Å². The van der Waals surface area contributed by atoms with Gasteiger partial charge in [0.1, 0.15) is 22.9 Å². The molecule has 2 aromatic carbocycles. The molecule has 3 rings (SSSR count). The number of carbonyl (C=O) groups is 1. The minimum absolute atomic E-state index is 0.145. The van der Waals surface area contributed by atoms with Crippen LogP contribution in [0.2, 0.25) is 0 Å². The number of hydrogen-bond acceptors (Lipinski definition) is 6. The Bertz CT molecular complexity index is 951. The number of nitrogens with one attached hydrogen (secondary N) is 1. The number of aromatic nitrogens is 2. The van der Waals surface area contributed by atoms with Gasteiger partial charge in [0.05, 0.1) is 30.9 Å². The number of anilines is 1. The van der Waals surface area contributed by atoms with Crippen molar-refractivity contribution >= 4 is 23.4 Å². The Morgan fingerprint density at radius 1 is 1.04 bits per heavy atom. The van der Waals surface area contributed by atoms with Crippen molar-refractivity contribution in [2.75, 3.05) is 19.5 Å². The monoisotopic (exact) mass is 395 g/mol. The summed E-state index contributed by atoms with van der Waals surface area (Å²) in [6.07, 6.45) is 1.52. The van der Waals surface area contributed by atoms with E-state index in [4.69, 9.17) is 9.47 Å². The van der Waals surface area contributed by atoms with Crippen LogP contribution in [0.3, 0.4) is 0 Å². The number of amides is 1. The molecule has 1 N–H and O–H groups in total. The number of ether oxygens (including phenoxy) is 2. The van der Waals surface area contributed by atoms with E-state index in [2.05, 4.69) is 15.3 Å². The molecule has 0 fully saturated rings. The number of hydrogen-bond donors (Lipinski definition) is 1. The van der Waals surface area contributed by atoms with Crippen molar-refractivity contribution in [1.82, 2.24) is 9.97 Å². The summed E-state index contributed by atoms with van der Waals surface area (Å²) in [5, 5.41) is 3.27. The Morgan fingerprint density at radius 2 is 1.82 bits per heavy atom. The third kappa shape index (κ3) is 4.80. The third-order valence-corrected chi connectivity index (χ3v) is 5.08. The molecular weight excluding hydrogens is 374 g/mol. The van der Waals surface area contributed by atoms with E-state index in [1.807, 2.05) is 43.3 Å². The molecule has 1 heterocycles. The summed E-state index contributed by atoms with van der Waals surface area (Å²) in [6, 6.07) is 17.0. The van der Waals surface area contributed by atoms with Gasteiger partial charge in [-0.2, -0.15) is 0 Å². The fourth-order valence-electron chi connectivity index (χ4n) is 2.54. The average Bonchev–Trinajstić information content (AvgIpc) is 2.74. The van der Waals surface area contributed by atoms with E-state index >= 15 is 0 Å². The van der Waals surface area contributed by atoms with Crippen molar-refractivity contribution in [3.63, 3.8) is 0 Å². The molecule has 1 aromatic heterocycles. The van der Waals surface area contributed by atoms with Crippen molar-refractivity contribution in [3.05, 3.63) is 60.9 Å². The van der Waals surface area contributed by atoms with Crippen LogP contribution in [0.15, 0.2) is 66.0 Å². The lowest BCUT2D eigenvalue weighted by molar-refractivity contribution is -0.115. The lowest BCUT2D eigenvalue weighted by atomic mass is 10.1. The van der Waals surface area contributed by atoms with Crippen LogP contribution >= 0.6 is 11.8 Å². The second kappa shape index (κ2) is 9.23. The first kappa shape index (κ1) is 19.7. The molecule has 28 heavy (non-hydrogen) atoms. The summed E-state index contributed by atoms with van der Waals surface area (Å²) in [4.78, 5) is 21.2. The molecule has 0 aliphatic carbocycles. The highest BCUT2D eigenvalue weighted by Crippen LogP contribution is 2.31. The van der Waals surface area contributed by atoms with Gasteiger partial charge < -0.3 is 14.8 Å². The molecule has 1 amide bonds. The molecule has 0 saturated carbocycles. The lowest BCUT2D eigenvalue weighted by Crippen LogP contribution is -2.22. The molecule has 1 atom stereocenters. The quantitative estimate of drug-likeness (QED) is 0.475. The van der Waals surface area contributed by atoms with Crippen LogP contribution in [0.25, 0.3) is 11.3 Å². The minimum atomic E-state index is -0.356. The second-order valence-corrected chi connectivity index (χ2v) is 7.28. The molecule has 144 valence electrons. The zero-order chi connectivity index (χ0) is 19.9. The highest BCUT2D eigenvalue weighted by atomic mass is 32.2. The molecular formula is C21H21N3O3S. The smallest absolute Gasteiger partial charge is 0.237 e. The molecule has 3 aromatic rings. The summed E-state index contributed by atoms with van der Waals surface area (Å²) < 4.78 is 10.5. The number of carbonyl (C=O) groups excluding carboxylic acids is 1. The SMILES string of the molecule is COc1ccc(NC(=O)C(C)Sc2cc(-c3ccccc3)ncn2)c(OC)c1. The summed E-state index contributed by atoms with van der Waals surface area (Å²) in [5.41, 5.74) is 2.42. The summed E-state index contributed by atoms with van der Waals surface area (Å²) in [6.45, 7) is 1.83. The van der Waals surface area contributed by atoms with Gasteiger partial charge in [0, 0.05) is 11.6 Å². The van der Waals surface area contributed by atoms with E-state index in [9.17, 15) is 4.79 Å². The molecule has 7 heteroatoms. The number of methoxy groups -OCH3 is 2. The van der Waals surface area contributed by atoms with Gasteiger partial charge in [-0.05, 0) is 25.1 Å². The maximum Gasteiger partial charge on any atom is 0.237 e. The van der Waals surface area contributed by atoms with Crippen LogP contribution < -0.4 is 14.8 Å². The molecule has 0 aliphatic rings. The zero-order valence-corrected chi connectivity index (χ0v) is 16.7. The molecule has 1 unspecified atom stereocenters. The van der Waals surface area contributed by atoms with E-state index < -0.39 is 0 Å². The number of benzene rings is 2. The maximum absolute atomic E-state index is 12.6. The van der Waals surface area contributed by atoms with Gasteiger partial charge in [-0.3, -0.25) is 4.79 Å². The van der Waals surface area contributed by atoms with Crippen LogP contribution in [0.1, 0.15) is 6.92 Å². The Balaban J connectivity index is 1.70. The number of rotatable bonds is 7. The van der Waals surface area contributed by atoms with Crippen molar-refractivity contribution in [2.24, 2.45) is 0 Å². The first-order valence-corrected chi connectivity index (χ1v) is 9.55. The van der Waals surface area contributed by atoms with Crippen LogP contribution in [0.5, 0.6) is 11.5 Å². The number of nitrogens with zero attached hydrogens (tertiary/aromatic N) is 2. The largest absolute Gasteiger partial charge is 0.497 e. The third-order valence-electron chi connectivity index (χ3n) is 4.04. The van der Waals surface area contributed by atoms with Crippen LogP contribution in [-0.2, 0) is 4.79 Å². The lowest BCUT2D eigenvalue weighted by Gasteiger charge is -2.15. The van der Waals surface area contributed by atoms with Crippen LogP contribution in [-0.4, -0.2) is 35.3 Å². The summed E-state index contributed by atoms with van der Waals surface area (Å²) >= 11 is 1.37. The second-order valence-electron chi connectivity index (χ2n) is 5.92. The Morgan fingerprint density at radius 3 is 2.54 bits per heavy atom. The first-order valence-electron chi connectivity index (χ1n) is 8.67. The zero-order valence-electron chi connectivity index (χ0n) is 15.9. The van der Waals surface area contributed by atoms with Gasteiger partial charge in [0.25, 0.3) is 0 Å². The van der Waals surface area contributed by atoms with Crippen molar-refractivity contribution in [1.29, 1.82) is 0 Å². The van der Waals surface area contributed by atoms with Gasteiger partial charge in [-0.25, -0.2) is 9.97 Å². The predicted molar refractivity (Wildman–Crippen MR) is 111 cm³/mol. The van der Waals surface area contributed by atoms with Gasteiger partial charge in [0.2, 0.25) is 5.91 Å². The van der Waals surface area contributed by atoms with Gasteiger partial charge >= 0.3 is 0 Å². The van der Waals surface area contributed by atoms with E-state index in [-0.39, 0.29) is 11.2 Å². The maximum atomic E-state index is 12.6. The molecule has 0 saturated heterocycles. The van der Waals surface area contributed by atoms with Gasteiger partial charge in [-0.1, -0.05) is 42.1 Å². The summed E-state index contributed by atoms with van der Waals surface area (Å²) in [7, 11) is 3.13. The van der Waals surface area contributed by atoms with Crippen molar-refractivity contribution in [2.45, 2.75) is 17.2 Å². The van der Waals surface area contributed by atoms with Crippen molar-refractivity contribution < 1.29 is 14.3 Å². The number of thioether (sulfide) groups is 1. The molecule has 0 bridgehead atoms. The Kier molecular flexibility index (Phi) is 6.49. The molecule has 0 radical (unpaired) electrons. The van der Waals surface area contributed by atoms with Crippen molar-refractivity contribution in [3.8, 4) is 22.8 Å². The highest BCUT2D eigenvalue weighted by molar-refractivity contribution is 8.00. The first-order chi connectivity index (χ1) is 13.6. The predicted octanol–water partition coefficient (Wildman–Crippen LogP) is 4.28. The van der Waals surface area contributed by atoms with Gasteiger partial charge in [0.15, 0.2) is 0 Å². The van der Waals surface area contributed by atoms with Crippen LogP contribution in [0.4, 0.5) is 5.69 Å². The topological polar surface area (TPSA) is 73.3 Å². The molecule has 0 aliphatic heterocycles. The molecule has 6 nitrogen and oxygen atoms in total. The van der Waals surface area contributed by atoms with Crippen LogP contribution in [0, 0.1) is 0 Å².